The van der Waals surface area contributed by atoms with Gasteiger partial charge < -0.3 is 11.5 Å². The van der Waals surface area contributed by atoms with Crippen LogP contribution in [0, 0.1) is 22.7 Å². The Morgan fingerprint density at radius 3 is 0.538 bits per heavy atom. The van der Waals surface area contributed by atoms with Crippen LogP contribution < -0.4 is 11.5 Å². The smallest absolute Gasteiger partial charge is 0.127 e. The van der Waals surface area contributed by atoms with E-state index in [9.17, 15) is 0 Å². The molecule has 456 valence electrons. The van der Waals surface area contributed by atoms with E-state index >= 15 is 19.2 Å². The Morgan fingerprint density at radius 1 is 0.286 bits per heavy atom. The summed E-state index contributed by atoms with van der Waals surface area (Å²) in [6.45, 7) is 2.86. The first-order chi connectivity index (χ1) is 44.1. The van der Waals surface area contributed by atoms with Gasteiger partial charge in [0.05, 0.1) is 12.1 Å². The number of nitrogens with zero attached hydrogens (tertiary/aromatic N) is 2. The number of carbonyl (C=O) groups is 4. The van der Waals surface area contributed by atoms with Crippen LogP contribution in [0.15, 0.2) is 303 Å². The van der Waals surface area contributed by atoms with Crippen LogP contribution >= 0.6 is 0 Å². The van der Waals surface area contributed by atoms with E-state index in [1.54, 1.807) is 255 Å². The molecule has 0 aliphatic carbocycles. The molecule has 17 nitrogen and oxygen atoms in total. The average molecular weight is 1250 g/mol. The van der Waals surface area contributed by atoms with E-state index in [0.717, 1.165) is 11.4 Å². The zero-order chi connectivity index (χ0) is 64.1. The predicted octanol–water partition coefficient (Wildman–Crippen LogP) is 11.0. The summed E-state index contributed by atoms with van der Waals surface area (Å²) in [5.41, 5.74) is 1.65. The Bertz CT molecular complexity index is 3580. The molecule has 10 aromatic rings. The SMILES string of the molecule is CC#N.CC#N.O=C1O[Si-]2(O[Si-]34(OC(=O)C(c5ccccc5)(c5ccccc5)O3)OC(=O)C(c3ccccc3)(c3ccccc3)O4)(OC(=O)C(c3ccccc3)(c3ccccc3)O2)OC1(c1ccccc1)c1ccccc1.[NH3+]c1ccccc1.[NH3+]c1ccccc1. The van der Waals surface area contributed by atoms with Gasteiger partial charge >= 0.3 is 409 Å². The molecule has 0 bridgehead atoms. The third-order valence-corrected chi connectivity index (χ3v) is 22.2. The van der Waals surface area contributed by atoms with E-state index in [4.69, 9.17) is 50.0 Å². The van der Waals surface area contributed by atoms with Crippen molar-refractivity contribution in [2.45, 2.75) is 36.3 Å². The van der Waals surface area contributed by atoms with Crippen molar-refractivity contribution in [2.24, 2.45) is 0 Å². The van der Waals surface area contributed by atoms with E-state index < -0.39 is 63.4 Å². The minimum absolute atomic E-state index is 0.193. The number of hydrogen-bond acceptors (Lipinski definition) is 15. The molecule has 4 heterocycles. The van der Waals surface area contributed by atoms with Gasteiger partial charge in [-0.25, -0.2) is 0 Å². The molecule has 10 aromatic carbocycles. The van der Waals surface area contributed by atoms with E-state index in [2.05, 4.69) is 11.5 Å². The van der Waals surface area contributed by atoms with Crippen LogP contribution in [0.3, 0.4) is 0 Å². The first-order valence-electron chi connectivity index (χ1n) is 28.8. The second-order valence-electron chi connectivity index (χ2n) is 20.8. The summed E-state index contributed by atoms with van der Waals surface area (Å²) in [7, 11) is -14.7. The van der Waals surface area contributed by atoms with E-state index in [0.29, 0.717) is 0 Å². The third kappa shape index (κ3) is 11.7. The van der Waals surface area contributed by atoms with Gasteiger partial charge in [0.15, 0.2) is 0 Å². The molecule has 4 aliphatic heterocycles. The molecule has 4 fully saturated rings. The van der Waals surface area contributed by atoms with Gasteiger partial charge in [0.25, 0.3) is 0 Å². The van der Waals surface area contributed by atoms with Crippen molar-refractivity contribution in [2.75, 3.05) is 0 Å². The number of rotatable bonds is 10. The van der Waals surface area contributed by atoms with Gasteiger partial charge in [-0.3, -0.25) is 0 Å². The summed E-state index contributed by atoms with van der Waals surface area (Å²) in [6, 6.07) is 89.9. The van der Waals surface area contributed by atoms with Crippen LogP contribution in [0.1, 0.15) is 58.4 Å². The van der Waals surface area contributed by atoms with Crippen LogP contribution in [0.4, 0.5) is 11.4 Å². The molecule has 4 saturated heterocycles. The molecule has 0 atom stereocenters. The monoisotopic (exact) mass is 1250 g/mol. The molecule has 0 unspecified atom stereocenters. The van der Waals surface area contributed by atoms with E-state index in [-0.39, 0.29) is 44.5 Å². The Balaban J connectivity index is 0.000000392. The third-order valence-electron chi connectivity index (χ3n) is 14.9. The molecule has 6 N–H and O–H groups in total. The molecule has 0 saturated carbocycles. The van der Waals surface area contributed by atoms with Crippen molar-refractivity contribution in [3.8, 4) is 12.1 Å². The maximum atomic E-state index is 15.8. The molecule has 19 heteroatoms. The molecule has 14 rings (SSSR count). The molecule has 2 spiro atoms. The van der Waals surface area contributed by atoms with Gasteiger partial charge in [0.2, 0.25) is 0 Å². The zero-order valence-corrected chi connectivity index (χ0v) is 51.5. The van der Waals surface area contributed by atoms with Gasteiger partial charge in [0, 0.05) is 13.8 Å². The summed E-state index contributed by atoms with van der Waals surface area (Å²) in [5, 5.41) is 14.6. The molecular weight excluding hydrogens is 1180 g/mol. The Hall–Kier alpha value is -10.8. The zero-order valence-electron chi connectivity index (χ0n) is 49.5. The summed E-state index contributed by atoms with van der Waals surface area (Å²) in [4.78, 5) is 63.0. The Labute approximate surface area is 526 Å². The number of carbonyl (C=O) groups excluding carboxylic acids is 4. The largest absolute Gasteiger partial charge is 0.325 e. The first kappa shape index (κ1) is 63.2. The minimum Gasteiger partial charge on any atom is -0.325 e. The standard InChI is InChI=1S/C56H40O13Si2.2C6H7N.2C2H3N/c57-49-53(41-25-9-1-10-26-41,42-27-11-2-12-28-42)65-70(61-49,62-50(58)54(66-70,43-29-13-3-14-30-43)44-31-15-4-16-32-44)69-71(63-51(59)55(67-71,45-33-17-5-18-34-45)46-35-19-6-20-36-46)64-52(60)56(68-71,47-37-21-7-22-38-47)48-39-23-8-24-40-48;2*7-6-4-2-1-3-5-6;2*1-2-3/h1-40H;2*1-5H,7H2;2*1H3/q-2;;;;/p+2. The maximum Gasteiger partial charge on any atom is 0.127 e. The van der Waals surface area contributed by atoms with E-state index in [1.807, 2.05) is 60.7 Å². The van der Waals surface area contributed by atoms with Gasteiger partial charge in [-0.1, -0.05) is 36.4 Å². The predicted molar refractivity (Wildman–Crippen MR) is 337 cm³/mol. The summed E-state index contributed by atoms with van der Waals surface area (Å²) in [6.07, 6.45) is 0. The van der Waals surface area contributed by atoms with Crippen LogP contribution in [0.2, 0.25) is 0 Å². The van der Waals surface area contributed by atoms with Crippen molar-refractivity contribution in [1.82, 2.24) is 0 Å². The molecule has 0 radical (unpaired) electrons. The molecule has 0 aromatic heterocycles. The molecular formula is C72H62N4O13Si2. The maximum absolute atomic E-state index is 15.8. The second kappa shape index (κ2) is 26.1. The number of quaternary nitrogens is 2. The van der Waals surface area contributed by atoms with Crippen LogP contribution in [0.25, 0.3) is 0 Å². The van der Waals surface area contributed by atoms with E-state index in [1.165, 1.54) is 13.8 Å². The quantitative estimate of drug-likeness (QED) is 0.121. The number of benzene rings is 10. The minimum atomic E-state index is -7.36. The average Bonchev–Trinajstić information content (AvgIpc) is 1.48. The van der Waals surface area contributed by atoms with Crippen LogP contribution in [-0.4, -0.2) is 41.0 Å². The van der Waals surface area contributed by atoms with Gasteiger partial charge in [-0.05, 0) is 24.3 Å². The fraction of sp³-hybridized carbons (Fsp3) is 0.0833. The summed E-state index contributed by atoms with van der Waals surface area (Å²) in [5.74, 6) is -4.67. The fourth-order valence-electron chi connectivity index (χ4n) is 11.2. The normalized spacial score (nSPS) is 18.8. The van der Waals surface area contributed by atoms with Gasteiger partial charge in [-0.2, -0.15) is 10.5 Å². The van der Waals surface area contributed by atoms with Gasteiger partial charge in [-0.15, -0.1) is 0 Å². The number of hydrogen-bond donors (Lipinski definition) is 2. The van der Waals surface area contributed by atoms with Crippen molar-refractivity contribution >= 4 is 52.4 Å². The summed E-state index contributed by atoms with van der Waals surface area (Å²) >= 11 is 0. The van der Waals surface area contributed by atoms with Gasteiger partial charge in [0.1, 0.15) is 11.4 Å². The van der Waals surface area contributed by atoms with Crippen molar-refractivity contribution < 1.29 is 70.2 Å². The molecule has 4 aliphatic rings. The number of nitriles is 2. The Kier molecular flexibility index (Phi) is 18.1. The summed E-state index contributed by atoms with van der Waals surface area (Å²) < 4.78 is 63.2. The van der Waals surface area contributed by atoms with Crippen LogP contribution in [-0.2, 0) is 81.1 Å². The second-order valence-corrected chi connectivity index (χ2v) is 26.6. The van der Waals surface area contributed by atoms with Crippen molar-refractivity contribution in [1.29, 1.82) is 10.5 Å². The topological polar surface area (TPSA) is 254 Å². The fourth-order valence-corrected chi connectivity index (χ4v) is 20.2. The molecule has 0 amide bonds. The molecule has 91 heavy (non-hydrogen) atoms. The van der Waals surface area contributed by atoms with Crippen molar-refractivity contribution in [3.05, 3.63) is 348 Å². The Morgan fingerprint density at radius 2 is 0.418 bits per heavy atom. The van der Waals surface area contributed by atoms with Crippen molar-refractivity contribution in [3.63, 3.8) is 0 Å². The first-order valence-corrected chi connectivity index (χ1v) is 32.8. The van der Waals surface area contributed by atoms with Crippen LogP contribution in [0.5, 0.6) is 0 Å².